The number of nitrogens with one attached hydrogen (secondary N) is 2. The number of amides is 2. The maximum absolute atomic E-state index is 12.6. The van der Waals surface area contributed by atoms with Crippen molar-refractivity contribution in [1.29, 1.82) is 0 Å². The highest BCUT2D eigenvalue weighted by Gasteiger charge is 2.27. The van der Waals surface area contributed by atoms with Gasteiger partial charge in [0.05, 0.1) is 6.04 Å². The van der Waals surface area contributed by atoms with E-state index in [9.17, 15) is 9.59 Å². The first-order chi connectivity index (χ1) is 16.0. The molecule has 0 saturated carbocycles. The predicted molar refractivity (Wildman–Crippen MR) is 132 cm³/mol. The molecule has 2 N–H and O–H groups in total. The summed E-state index contributed by atoms with van der Waals surface area (Å²) in [5.41, 5.74) is 5.29. The van der Waals surface area contributed by atoms with E-state index in [2.05, 4.69) is 63.7 Å². The number of likely N-dealkylation sites (N-methyl/N-ethyl adjacent to an activating group) is 2. The predicted octanol–water partition coefficient (Wildman–Crippen LogP) is 2.09. The van der Waals surface area contributed by atoms with Crippen molar-refractivity contribution in [3.63, 3.8) is 0 Å². The van der Waals surface area contributed by atoms with Crippen LogP contribution in [0.2, 0.25) is 0 Å². The monoisotopic (exact) mass is 453 g/mol. The molecule has 180 valence electrons. The Morgan fingerprint density at radius 1 is 0.970 bits per heavy atom. The molecule has 3 aliphatic rings. The van der Waals surface area contributed by atoms with Crippen molar-refractivity contribution < 1.29 is 9.59 Å². The van der Waals surface area contributed by atoms with Crippen molar-refractivity contribution in [2.75, 3.05) is 64.8 Å². The molecule has 0 unspecified atom stereocenters. The van der Waals surface area contributed by atoms with Gasteiger partial charge in [-0.15, -0.1) is 0 Å². The fraction of sp³-hybridized carbons (Fsp3) is 0.615. The van der Waals surface area contributed by atoms with Crippen LogP contribution in [0.15, 0.2) is 29.8 Å². The Hall–Kier alpha value is -2.38. The Kier molecular flexibility index (Phi) is 8.04. The Balaban J connectivity index is 1.35. The molecule has 1 fully saturated rings. The highest BCUT2D eigenvalue weighted by atomic mass is 16.2. The van der Waals surface area contributed by atoms with Crippen LogP contribution in [0.1, 0.15) is 49.3 Å². The summed E-state index contributed by atoms with van der Waals surface area (Å²) in [5, 5.41) is 5.72. The molecule has 1 aromatic rings. The van der Waals surface area contributed by atoms with Gasteiger partial charge < -0.3 is 20.4 Å². The Labute approximate surface area is 198 Å². The van der Waals surface area contributed by atoms with Crippen LogP contribution in [0, 0.1) is 0 Å². The van der Waals surface area contributed by atoms with Crippen LogP contribution in [0.4, 0.5) is 5.69 Å². The van der Waals surface area contributed by atoms with E-state index in [1.807, 2.05) is 0 Å². The first-order valence-electron chi connectivity index (χ1n) is 12.5. The van der Waals surface area contributed by atoms with Gasteiger partial charge in [0.2, 0.25) is 0 Å². The van der Waals surface area contributed by atoms with Gasteiger partial charge in [0.25, 0.3) is 0 Å². The second-order valence-corrected chi connectivity index (χ2v) is 9.74. The Morgan fingerprint density at radius 3 is 2.52 bits per heavy atom. The van der Waals surface area contributed by atoms with E-state index in [1.54, 1.807) is 0 Å². The summed E-state index contributed by atoms with van der Waals surface area (Å²) in [4.78, 5) is 32.0. The van der Waals surface area contributed by atoms with Crippen LogP contribution < -0.4 is 15.5 Å². The highest BCUT2D eigenvalue weighted by molar-refractivity contribution is 6.35. The maximum Gasteiger partial charge on any atom is 0.309 e. The van der Waals surface area contributed by atoms with Crippen molar-refractivity contribution >= 4 is 17.5 Å². The lowest BCUT2D eigenvalue weighted by Gasteiger charge is -2.38. The van der Waals surface area contributed by atoms with Gasteiger partial charge in [-0.05, 0) is 62.8 Å². The van der Waals surface area contributed by atoms with Gasteiger partial charge in [-0.2, -0.15) is 0 Å². The molecule has 7 nitrogen and oxygen atoms in total. The van der Waals surface area contributed by atoms with Crippen molar-refractivity contribution in [3.8, 4) is 0 Å². The SMILES string of the molecule is CN1CCN([C@H](CNC(=O)C(=O)NCCC2=CCCCC2)c2ccc3c(c2)CCN3C)CC1. The van der Waals surface area contributed by atoms with Crippen LogP contribution in [-0.4, -0.2) is 81.5 Å². The number of hydrogen-bond donors (Lipinski definition) is 2. The number of hydrogen-bond acceptors (Lipinski definition) is 5. The Bertz CT molecular complexity index is 875. The molecule has 1 saturated heterocycles. The lowest BCUT2D eigenvalue weighted by atomic mass is 9.97. The zero-order valence-corrected chi connectivity index (χ0v) is 20.2. The minimum Gasteiger partial charge on any atom is -0.374 e. The van der Waals surface area contributed by atoms with E-state index in [-0.39, 0.29) is 6.04 Å². The van der Waals surface area contributed by atoms with Crippen molar-refractivity contribution in [1.82, 2.24) is 20.4 Å². The molecule has 0 aromatic heterocycles. The van der Waals surface area contributed by atoms with Gasteiger partial charge in [-0.25, -0.2) is 0 Å². The molecule has 1 atom stereocenters. The molecule has 0 radical (unpaired) electrons. The van der Waals surface area contributed by atoms with E-state index < -0.39 is 11.8 Å². The second-order valence-electron chi connectivity index (χ2n) is 9.74. The average molecular weight is 454 g/mol. The second kappa shape index (κ2) is 11.2. The summed E-state index contributed by atoms with van der Waals surface area (Å²) in [7, 11) is 4.28. The van der Waals surface area contributed by atoms with Gasteiger partial charge in [-0.3, -0.25) is 14.5 Å². The third kappa shape index (κ3) is 6.15. The van der Waals surface area contributed by atoms with Crippen LogP contribution in [0.3, 0.4) is 0 Å². The summed E-state index contributed by atoms with van der Waals surface area (Å²) in [6.07, 6.45) is 8.92. The molecule has 4 rings (SSSR count). The molecule has 2 heterocycles. The number of nitrogens with zero attached hydrogens (tertiary/aromatic N) is 3. The molecule has 1 aliphatic carbocycles. The van der Waals surface area contributed by atoms with Crippen LogP contribution in [0.5, 0.6) is 0 Å². The number of benzene rings is 1. The molecule has 2 amide bonds. The van der Waals surface area contributed by atoms with Gasteiger partial charge in [0, 0.05) is 58.5 Å². The largest absolute Gasteiger partial charge is 0.374 e. The van der Waals surface area contributed by atoms with Gasteiger partial charge >= 0.3 is 11.8 Å². The fourth-order valence-electron chi connectivity index (χ4n) is 5.20. The quantitative estimate of drug-likeness (QED) is 0.489. The highest BCUT2D eigenvalue weighted by Crippen LogP contribution is 2.31. The first-order valence-corrected chi connectivity index (χ1v) is 12.5. The third-order valence-electron chi connectivity index (χ3n) is 7.37. The van der Waals surface area contributed by atoms with Crippen molar-refractivity contribution in [2.24, 2.45) is 0 Å². The van der Waals surface area contributed by atoms with Crippen LogP contribution >= 0.6 is 0 Å². The molecule has 33 heavy (non-hydrogen) atoms. The van der Waals surface area contributed by atoms with Crippen LogP contribution in [0.25, 0.3) is 0 Å². The van der Waals surface area contributed by atoms with E-state index in [0.29, 0.717) is 13.1 Å². The number of fused-ring (bicyclic) bond motifs is 1. The standard InChI is InChI=1S/C26H39N5O2/c1-29-14-16-31(17-15-29)24(21-8-9-23-22(18-21)11-13-30(23)2)19-28-26(33)25(32)27-12-10-20-6-4-3-5-7-20/h6,8-9,18,24H,3-5,7,10-17,19H2,1-2H3,(H,27,32)(H,28,33)/t24-/m1/s1. The van der Waals surface area contributed by atoms with E-state index in [0.717, 1.165) is 58.4 Å². The number of piperazine rings is 1. The van der Waals surface area contributed by atoms with E-state index in [4.69, 9.17) is 0 Å². The number of carbonyl (C=O) groups is 2. The number of allylic oxidation sites excluding steroid dienone is 1. The fourth-order valence-corrected chi connectivity index (χ4v) is 5.20. The average Bonchev–Trinajstić information content (AvgIpc) is 3.21. The van der Waals surface area contributed by atoms with E-state index in [1.165, 1.54) is 35.2 Å². The first kappa shape index (κ1) is 23.8. The zero-order chi connectivity index (χ0) is 23.2. The normalized spacial score (nSPS) is 20.2. The van der Waals surface area contributed by atoms with Gasteiger partial charge in [-0.1, -0.05) is 23.8 Å². The lowest BCUT2D eigenvalue weighted by Crippen LogP contribution is -2.49. The molecular weight excluding hydrogens is 414 g/mol. The maximum atomic E-state index is 12.6. The number of anilines is 1. The van der Waals surface area contributed by atoms with Gasteiger partial charge in [0.15, 0.2) is 0 Å². The van der Waals surface area contributed by atoms with Gasteiger partial charge in [0.1, 0.15) is 0 Å². The Morgan fingerprint density at radius 2 is 1.76 bits per heavy atom. The molecule has 1 aromatic carbocycles. The van der Waals surface area contributed by atoms with E-state index >= 15 is 0 Å². The topological polar surface area (TPSA) is 67.9 Å². The molecule has 2 aliphatic heterocycles. The number of carbonyl (C=O) groups excluding carboxylic acids is 2. The molecule has 0 spiro atoms. The minimum atomic E-state index is -0.535. The summed E-state index contributed by atoms with van der Waals surface area (Å²) in [5.74, 6) is -1.06. The smallest absolute Gasteiger partial charge is 0.309 e. The third-order valence-corrected chi connectivity index (χ3v) is 7.37. The molecular formula is C26H39N5O2. The van der Waals surface area contributed by atoms with Crippen molar-refractivity contribution in [3.05, 3.63) is 41.0 Å². The molecule has 7 heteroatoms. The summed E-state index contributed by atoms with van der Waals surface area (Å²) < 4.78 is 0. The summed E-state index contributed by atoms with van der Waals surface area (Å²) >= 11 is 0. The summed E-state index contributed by atoms with van der Waals surface area (Å²) in [6, 6.07) is 6.76. The van der Waals surface area contributed by atoms with Crippen LogP contribution in [-0.2, 0) is 16.0 Å². The van der Waals surface area contributed by atoms with Crippen molar-refractivity contribution in [2.45, 2.75) is 44.6 Å². The molecule has 0 bridgehead atoms. The zero-order valence-electron chi connectivity index (χ0n) is 20.2. The lowest BCUT2D eigenvalue weighted by molar-refractivity contribution is -0.139. The number of rotatable bonds is 7. The summed E-state index contributed by atoms with van der Waals surface area (Å²) in [6.45, 7) is 5.94. The minimum absolute atomic E-state index is 0.0686.